The Labute approximate surface area is 99.4 Å². The number of carbonyl (C=O) groups is 1. The first-order valence-electron chi connectivity index (χ1n) is 4.28. The van der Waals surface area contributed by atoms with E-state index in [9.17, 15) is 4.79 Å². The van der Waals surface area contributed by atoms with Crippen LogP contribution in [0.2, 0.25) is 0 Å². The molecule has 1 aromatic heterocycles. The van der Waals surface area contributed by atoms with Gasteiger partial charge >= 0.3 is 0 Å². The summed E-state index contributed by atoms with van der Waals surface area (Å²) in [6.07, 6.45) is 1.99. The van der Waals surface area contributed by atoms with E-state index in [2.05, 4.69) is 20.9 Å². The van der Waals surface area contributed by atoms with E-state index >= 15 is 0 Å². The zero-order valence-corrected chi connectivity index (χ0v) is 10.4. The van der Waals surface area contributed by atoms with Crippen LogP contribution in [0.4, 0.5) is 0 Å². The van der Waals surface area contributed by atoms with Crippen LogP contribution >= 0.6 is 27.7 Å². The lowest BCUT2D eigenvalue weighted by Crippen LogP contribution is -1.99. The number of ketones is 1. The fraction of sp³-hybridized carbons (Fsp3) is 0.200. The Hall–Kier alpha value is -0.810. The molecule has 1 aromatic carbocycles. The molecular formula is C10H8BrNO2S. The van der Waals surface area contributed by atoms with E-state index in [0.717, 1.165) is 10.4 Å². The van der Waals surface area contributed by atoms with Crippen LogP contribution in [0.1, 0.15) is 10.7 Å². The molecule has 0 bridgehead atoms. The summed E-state index contributed by atoms with van der Waals surface area (Å²) >= 11 is 4.71. The Morgan fingerprint density at radius 3 is 3.07 bits per heavy atom. The fourth-order valence-electron chi connectivity index (χ4n) is 1.21. The van der Waals surface area contributed by atoms with E-state index < -0.39 is 0 Å². The molecule has 0 spiro atoms. The second-order valence-corrected chi connectivity index (χ2v) is 4.35. The molecular weight excluding hydrogens is 278 g/mol. The highest BCUT2D eigenvalue weighted by molar-refractivity contribution is 9.09. The van der Waals surface area contributed by atoms with Crippen molar-refractivity contribution in [2.24, 2.45) is 0 Å². The van der Waals surface area contributed by atoms with Gasteiger partial charge < -0.3 is 4.42 Å². The van der Waals surface area contributed by atoms with E-state index in [1.807, 2.05) is 24.5 Å². The number of rotatable bonds is 3. The Kier molecular flexibility index (Phi) is 3.11. The fourth-order valence-corrected chi connectivity index (χ4v) is 1.88. The van der Waals surface area contributed by atoms with Crippen molar-refractivity contribution >= 4 is 44.6 Å². The lowest BCUT2D eigenvalue weighted by Gasteiger charge is -1.92. The number of nitrogens with zero attached hydrogens (tertiary/aromatic N) is 1. The highest BCUT2D eigenvalue weighted by Crippen LogP contribution is 2.22. The molecule has 0 aliphatic carbocycles. The van der Waals surface area contributed by atoms with Gasteiger partial charge in [0.15, 0.2) is 5.58 Å². The van der Waals surface area contributed by atoms with Gasteiger partial charge in [0.1, 0.15) is 5.52 Å². The van der Waals surface area contributed by atoms with E-state index in [1.54, 1.807) is 11.8 Å². The van der Waals surface area contributed by atoms with Gasteiger partial charge in [0.05, 0.1) is 5.33 Å². The Balaban J connectivity index is 2.51. The van der Waals surface area contributed by atoms with Gasteiger partial charge in [-0.15, -0.1) is 11.8 Å². The maximum atomic E-state index is 11.3. The molecule has 3 nitrogen and oxygen atoms in total. The summed E-state index contributed by atoms with van der Waals surface area (Å²) in [6, 6.07) is 5.69. The normalized spacial score (nSPS) is 10.8. The van der Waals surface area contributed by atoms with Gasteiger partial charge in [-0.25, -0.2) is 4.98 Å². The minimum atomic E-state index is -0.142. The van der Waals surface area contributed by atoms with Gasteiger partial charge in [-0.2, -0.15) is 0 Å². The summed E-state index contributed by atoms with van der Waals surface area (Å²) in [4.78, 5) is 16.6. The number of fused-ring (bicyclic) bond motifs is 1. The lowest BCUT2D eigenvalue weighted by molar-refractivity contribution is 0.0989. The summed E-state index contributed by atoms with van der Waals surface area (Å²) in [5.41, 5.74) is 1.38. The number of aromatic nitrogens is 1. The first-order valence-corrected chi connectivity index (χ1v) is 6.63. The van der Waals surface area contributed by atoms with Crippen LogP contribution in [0.25, 0.3) is 11.1 Å². The number of hydrogen-bond donors (Lipinski definition) is 0. The van der Waals surface area contributed by atoms with Crippen LogP contribution < -0.4 is 0 Å². The molecule has 0 aliphatic heterocycles. The molecule has 0 fully saturated rings. The van der Waals surface area contributed by atoms with Crippen LogP contribution in [0.5, 0.6) is 0 Å². The molecule has 0 N–H and O–H groups in total. The number of Topliss-reactive ketones (excluding diaryl/α,β-unsaturated/α-hetero) is 1. The van der Waals surface area contributed by atoms with Crippen molar-refractivity contribution in [2.45, 2.75) is 4.90 Å². The van der Waals surface area contributed by atoms with Gasteiger partial charge in [0, 0.05) is 4.90 Å². The third kappa shape index (κ3) is 2.08. The monoisotopic (exact) mass is 285 g/mol. The predicted molar refractivity (Wildman–Crippen MR) is 63.9 cm³/mol. The van der Waals surface area contributed by atoms with Crippen molar-refractivity contribution in [3.8, 4) is 0 Å². The predicted octanol–water partition coefficient (Wildman–Crippen LogP) is 3.13. The summed E-state index contributed by atoms with van der Waals surface area (Å²) < 4.78 is 5.32. The van der Waals surface area contributed by atoms with Crippen LogP contribution in [0.15, 0.2) is 27.5 Å². The van der Waals surface area contributed by atoms with Crippen molar-refractivity contribution in [2.75, 3.05) is 11.6 Å². The van der Waals surface area contributed by atoms with E-state index in [1.165, 1.54) is 0 Å². The third-order valence-electron chi connectivity index (χ3n) is 1.95. The molecule has 0 aliphatic rings. The first kappa shape index (κ1) is 10.7. The molecule has 2 aromatic rings. The van der Waals surface area contributed by atoms with E-state index in [4.69, 9.17) is 4.42 Å². The second kappa shape index (κ2) is 4.37. The lowest BCUT2D eigenvalue weighted by atomic mass is 10.3. The van der Waals surface area contributed by atoms with Crippen LogP contribution in [0.3, 0.4) is 0 Å². The van der Waals surface area contributed by atoms with Gasteiger partial charge in [0.2, 0.25) is 5.78 Å². The van der Waals surface area contributed by atoms with Crippen molar-refractivity contribution in [3.05, 3.63) is 24.1 Å². The summed E-state index contributed by atoms with van der Waals surface area (Å²) in [5.74, 6) is 0.0250. The number of benzene rings is 1. The molecule has 15 heavy (non-hydrogen) atoms. The number of halogens is 1. The van der Waals surface area contributed by atoms with Crippen molar-refractivity contribution in [3.63, 3.8) is 0 Å². The van der Waals surface area contributed by atoms with Gasteiger partial charge in [-0.1, -0.05) is 15.9 Å². The summed E-state index contributed by atoms with van der Waals surface area (Å²) in [5, 5.41) is 0.231. The highest BCUT2D eigenvalue weighted by Gasteiger charge is 2.12. The molecule has 0 saturated carbocycles. The third-order valence-corrected chi connectivity index (χ3v) is 3.19. The number of carbonyl (C=O) groups excluding carboxylic acids is 1. The molecule has 0 amide bonds. The quantitative estimate of drug-likeness (QED) is 0.494. The minimum Gasteiger partial charge on any atom is -0.434 e. The molecule has 0 atom stereocenters. The Morgan fingerprint density at radius 2 is 2.40 bits per heavy atom. The molecule has 1 heterocycles. The molecule has 5 heteroatoms. The molecule has 0 unspecified atom stereocenters. The van der Waals surface area contributed by atoms with Gasteiger partial charge in [-0.3, -0.25) is 4.79 Å². The smallest absolute Gasteiger partial charge is 0.265 e. The topological polar surface area (TPSA) is 43.1 Å². The van der Waals surface area contributed by atoms with E-state index in [0.29, 0.717) is 5.58 Å². The second-order valence-electron chi connectivity index (χ2n) is 2.91. The Bertz CT molecular complexity index is 509. The number of thioether (sulfide) groups is 1. The average molecular weight is 286 g/mol. The zero-order chi connectivity index (χ0) is 10.8. The standard InChI is InChI=1S/C10H8BrNO2S/c1-15-6-2-3-9-7(4-6)12-10(14-9)8(13)5-11/h2-4H,5H2,1H3. The van der Waals surface area contributed by atoms with Crippen molar-refractivity contribution in [1.82, 2.24) is 4.98 Å². The van der Waals surface area contributed by atoms with E-state index in [-0.39, 0.29) is 17.0 Å². The van der Waals surface area contributed by atoms with Gasteiger partial charge in [-0.05, 0) is 24.5 Å². The molecule has 78 valence electrons. The van der Waals surface area contributed by atoms with Gasteiger partial charge in [0.25, 0.3) is 5.89 Å². The molecule has 0 radical (unpaired) electrons. The number of alkyl halides is 1. The SMILES string of the molecule is CSc1ccc2oc(C(=O)CBr)nc2c1. The average Bonchev–Trinajstić information content (AvgIpc) is 2.70. The largest absolute Gasteiger partial charge is 0.434 e. The number of hydrogen-bond acceptors (Lipinski definition) is 4. The maximum absolute atomic E-state index is 11.3. The maximum Gasteiger partial charge on any atom is 0.265 e. The van der Waals surface area contributed by atoms with Crippen molar-refractivity contribution in [1.29, 1.82) is 0 Å². The first-order chi connectivity index (χ1) is 7.24. The van der Waals surface area contributed by atoms with Crippen LogP contribution in [-0.4, -0.2) is 22.4 Å². The Morgan fingerprint density at radius 1 is 1.60 bits per heavy atom. The highest BCUT2D eigenvalue weighted by atomic mass is 79.9. The van der Waals surface area contributed by atoms with Crippen LogP contribution in [-0.2, 0) is 0 Å². The summed E-state index contributed by atoms with van der Waals surface area (Å²) in [7, 11) is 0. The van der Waals surface area contributed by atoms with Crippen LogP contribution in [0, 0.1) is 0 Å². The van der Waals surface area contributed by atoms with Crippen molar-refractivity contribution < 1.29 is 9.21 Å². The molecule has 0 saturated heterocycles. The minimum absolute atomic E-state index is 0.142. The summed E-state index contributed by atoms with van der Waals surface area (Å²) in [6.45, 7) is 0. The zero-order valence-electron chi connectivity index (χ0n) is 7.99. The number of oxazole rings is 1. The molecule has 2 rings (SSSR count).